The molecule has 0 aliphatic rings. The van der Waals surface area contributed by atoms with Crippen molar-refractivity contribution in [3.05, 3.63) is 12.7 Å². The molecular weight excluding hydrogens is 90.1 g/mol. The molecule has 0 rings (SSSR count). The van der Waals surface area contributed by atoms with Crippen LogP contribution in [0.3, 0.4) is 0 Å². The molecule has 7 heavy (non-hydrogen) atoms. The molecular formula is C5H8NO. The van der Waals surface area contributed by atoms with E-state index in [1.54, 1.807) is 12.4 Å². The van der Waals surface area contributed by atoms with Crippen LogP contribution < -0.4 is 5.73 Å². The Morgan fingerprint density at radius 1 is 2.00 bits per heavy atom. The van der Waals surface area contributed by atoms with Crippen molar-refractivity contribution in [2.45, 2.75) is 12.5 Å². The van der Waals surface area contributed by atoms with Gasteiger partial charge in [0, 0.05) is 0 Å². The lowest BCUT2D eigenvalue weighted by Crippen LogP contribution is -2.19. The van der Waals surface area contributed by atoms with E-state index in [1.807, 2.05) is 0 Å². The van der Waals surface area contributed by atoms with E-state index < -0.39 is 6.04 Å². The van der Waals surface area contributed by atoms with Crippen molar-refractivity contribution in [2.75, 3.05) is 0 Å². The van der Waals surface area contributed by atoms with Crippen LogP contribution >= 0.6 is 0 Å². The van der Waals surface area contributed by atoms with Crippen molar-refractivity contribution in [3.8, 4) is 0 Å². The molecule has 1 atom stereocenters. The molecule has 0 heterocycles. The van der Waals surface area contributed by atoms with Gasteiger partial charge < -0.3 is 5.73 Å². The van der Waals surface area contributed by atoms with Gasteiger partial charge in [-0.3, -0.25) is 4.79 Å². The highest BCUT2D eigenvalue weighted by Gasteiger charge is 1.93. The van der Waals surface area contributed by atoms with Crippen molar-refractivity contribution in [3.63, 3.8) is 0 Å². The monoisotopic (exact) mass is 98.1 g/mol. The second-order valence-electron chi connectivity index (χ2n) is 1.25. The van der Waals surface area contributed by atoms with Crippen LogP contribution in [0.4, 0.5) is 0 Å². The predicted molar refractivity (Wildman–Crippen MR) is 28.5 cm³/mol. The van der Waals surface area contributed by atoms with Gasteiger partial charge in [-0.1, -0.05) is 6.08 Å². The first kappa shape index (κ1) is 6.37. The van der Waals surface area contributed by atoms with Gasteiger partial charge in [0.15, 0.2) is 0 Å². The van der Waals surface area contributed by atoms with Crippen molar-refractivity contribution < 1.29 is 4.79 Å². The topological polar surface area (TPSA) is 43.1 Å². The summed E-state index contributed by atoms with van der Waals surface area (Å²) in [4.78, 5) is 9.60. The van der Waals surface area contributed by atoms with Crippen LogP contribution in [0.5, 0.6) is 0 Å². The lowest BCUT2D eigenvalue weighted by molar-refractivity contribution is 0.542. The maximum absolute atomic E-state index is 9.60. The van der Waals surface area contributed by atoms with Gasteiger partial charge in [0.1, 0.15) is 0 Å². The average Bonchev–Trinajstić information content (AvgIpc) is 1.68. The van der Waals surface area contributed by atoms with E-state index in [0.29, 0.717) is 6.42 Å². The van der Waals surface area contributed by atoms with E-state index in [1.165, 1.54) is 0 Å². The highest BCUT2D eigenvalue weighted by Crippen LogP contribution is 1.80. The average molecular weight is 98.1 g/mol. The summed E-state index contributed by atoms with van der Waals surface area (Å²) in [6.45, 7) is 3.39. The van der Waals surface area contributed by atoms with Gasteiger partial charge in [0.05, 0.1) is 6.04 Å². The Kier molecular flexibility index (Phi) is 3.24. The number of hydrogen-bond acceptors (Lipinski definition) is 2. The third kappa shape index (κ3) is 3.19. The number of nitrogens with two attached hydrogens (primary N) is 1. The third-order valence-corrected chi connectivity index (χ3v) is 0.572. The van der Waals surface area contributed by atoms with Gasteiger partial charge in [0.2, 0.25) is 6.29 Å². The summed E-state index contributed by atoms with van der Waals surface area (Å²) < 4.78 is 0. The standard InChI is InChI=1S/C5H8NO/c1-2-3-5(6)4-7/h2,5H,1,3,6H2/t5-/m0/s1. The van der Waals surface area contributed by atoms with Gasteiger partial charge >= 0.3 is 0 Å². The van der Waals surface area contributed by atoms with E-state index >= 15 is 0 Å². The summed E-state index contributed by atoms with van der Waals surface area (Å²) in [6.07, 6.45) is 3.73. The second kappa shape index (κ2) is 3.56. The molecule has 1 radical (unpaired) electrons. The van der Waals surface area contributed by atoms with Crippen molar-refractivity contribution in [2.24, 2.45) is 5.73 Å². The molecule has 0 aromatic heterocycles. The highest BCUT2D eigenvalue weighted by molar-refractivity contribution is 5.58. The minimum absolute atomic E-state index is 0.475. The molecule has 2 heteroatoms. The Labute approximate surface area is 43.0 Å². The smallest absolute Gasteiger partial charge is 0.216 e. The first-order valence-corrected chi connectivity index (χ1v) is 2.05. The summed E-state index contributed by atoms with van der Waals surface area (Å²) in [5, 5.41) is 0. The number of hydrogen-bond donors (Lipinski definition) is 1. The molecule has 0 bridgehead atoms. The lowest BCUT2D eigenvalue weighted by atomic mass is 10.2. The maximum Gasteiger partial charge on any atom is 0.216 e. The molecule has 2 nitrogen and oxygen atoms in total. The highest BCUT2D eigenvalue weighted by atomic mass is 16.1. The quantitative estimate of drug-likeness (QED) is 0.505. The Balaban J connectivity index is 3.15. The zero-order valence-electron chi connectivity index (χ0n) is 4.05. The normalized spacial score (nSPS) is 12.7. The number of carbonyl (C=O) groups excluding carboxylic acids is 1. The van der Waals surface area contributed by atoms with Crippen LogP contribution in [-0.2, 0) is 4.79 Å². The molecule has 0 aliphatic heterocycles. The van der Waals surface area contributed by atoms with Gasteiger partial charge in [-0.05, 0) is 6.42 Å². The molecule has 0 aliphatic carbocycles. The van der Waals surface area contributed by atoms with E-state index in [2.05, 4.69) is 6.58 Å². The molecule has 0 unspecified atom stereocenters. The minimum Gasteiger partial charge on any atom is -0.321 e. The molecule has 0 amide bonds. The first-order chi connectivity index (χ1) is 3.31. The van der Waals surface area contributed by atoms with Gasteiger partial charge in [-0.2, -0.15) is 0 Å². The molecule has 0 saturated carbocycles. The Morgan fingerprint density at radius 3 is 2.71 bits per heavy atom. The summed E-state index contributed by atoms with van der Waals surface area (Å²) in [6, 6.07) is -0.475. The van der Waals surface area contributed by atoms with Crippen LogP contribution in [0.2, 0.25) is 0 Å². The fourth-order valence-electron chi connectivity index (χ4n) is 0.228. The van der Waals surface area contributed by atoms with Crippen LogP contribution in [0, 0.1) is 0 Å². The summed E-state index contributed by atoms with van der Waals surface area (Å²) in [5.74, 6) is 0. The minimum atomic E-state index is -0.475. The van der Waals surface area contributed by atoms with Crippen LogP contribution in [0.15, 0.2) is 12.7 Å². The molecule has 39 valence electrons. The Morgan fingerprint density at radius 2 is 2.57 bits per heavy atom. The van der Waals surface area contributed by atoms with Crippen LogP contribution in [-0.4, -0.2) is 12.3 Å². The predicted octanol–water partition coefficient (Wildman–Crippen LogP) is -0.000500. The van der Waals surface area contributed by atoms with E-state index in [-0.39, 0.29) is 0 Å². The lowest BCUT2D eigenvalue weighted by Gasteiger charge is -1.91. The van der Waals surface area contributed by atoms with Crippen molar-refractivity contribution >= 4 is 6.29 Å². The zero-order valence-corrected chi connectivity index (χ0v) is 4.05. The molecule has 0 aromatic rings. The first-order valence-electron chi connectivity index (χ1n) is 2.05. The summed E-state index contributed by atoms with van der Waals surface area (Å²) in [7, 11) is 0. The largest absolute Gasteiger partial charge is 0.321 e. The molecule has 0 saturated heterocycles. The van der Waals surface area contributed by atoms with E-state index in [4.69, 9.17) is 5.73 Å². The Bertz CT molecular complexity index is 70.5. The molecule has 0 fully saturated rings. The maximum atomic E-state index is 9.60. The van der Waals surface area contributed by atoms with Gasteiger partial charge in [0.25, 0.3) is 0 Å². The molecule has 0 spiro atoms. The SMILES string of the molecule is C=CC[C@H](N)[C]=O. The zero-order chi connectivity index (χ0) is 5.70. The van der Waals surface area contributed by atoms with Crippen molar-refractivity contribution in [1.82, 2.24) is 0 Å². The van der Waals surface area contributed by atoms with Gasteiger partial charge in [-0.15, -0.1) is 6.58 Å². The van der Waals surface area contributed by atoms with Crippen LogP contribution in [0.1, 0.15) is 6.42 Å². The number of rotatable bonds is 3. The van der Waals surface area contributed by atoms with E-state index in [9.17, 15) is 4.79 Å². The second-order valence-corrected chi connectivity index (χ2v) is 1.25. The fourth-order valence-corrected chi connectivity index (χ4v) is 0.228. The third-order valence-electron chi connectivity index (χ3n) is 0.572. The summed E-state index contributed by atoms with van der Waals surface area (Å²) in [5.41, 5.74) is 5.09. The molecule has 2 N–H and O–H groups in total. The van der Waals surface area contributed by atoms with E-state index in [0.717, 1.165) is 0 Å². The Hall–Kier alpha value is -0.630. The van der Waals surface area contributed by atoms with Crippen LogP contribution in [0.25, 0.3) is 0 Å². The van der Waals surface area contributed by atoms with Gasteiger partial charge in [-0.25, -0.2) is 0 Å². The summed E-state index contributed by atoms with van der Waals surface area (Å²) >= 11 is 0. The van der Waals surface area contributed by atoms with Crippen molar-refractivity contribution in [1.29, 1.82) is 0 Å². The molecule has 0 aromatic carbocycles. The fraction of sp³-hybridized carbons (Fsp3) is 0.400.